The van der Waals surface area contributed by atoms with Crippen molar-refractivity contribution in [2.24, 2.45) is 7.05 Å². The van der Waals surface area contributed by atoms with Gasteiger partial charge in [-0.25, -0.2) is 4.79 Å². The van der Waals surface area contributed by atoms with Gasteiger partial charge in [0.15, 0.2) is 0 Å². The molecular formula is C16H26N4O6. The largest absolute Gasteiger partial charge is 0.444 e. The lowest BCUT2D eigenvalue weighted by Gasteiger charge is -2.26. The second kappa shape index (κ2) is 8.00. The lowest BCUT2D eigenvalue weighted by molar-refractivity contribution is -0.386. The Kier molecular flexibility index (Phi) is 6.19. The highest BCUT2D eigenvalue weighted by molar-refractivity contribution is 5.68. The molecule has 2 rings (SSSR count). The molecule has 0 aromatic carbocycles. The predicted molar refractivity (Wildman–Crippen MR) is 91.7 cm³/mol. The van der Waals surface area contributed by atoms with Crippen LogP contribution in [0.1, 0.15) is 45.4 Å². The monoisotopic (exact) mass is 370 g/mol. The zero-order valence-electron chi connectivity index (χ0n) is 15.7. The van der Waals surface area contributed by atoms with Gasteiger partial charge in [-0.05, 0) is 33.6 Å². The van der Waals surface area contributed by atoms with Crippen molar-refractivity contribution >= 4 is 11.8 Å². The number of nitrogens with zero attached hydrogens (tertiary/aromatic N) is 3. The molecule has 0 aliphatic carbocycles. The van der Waals surface area contributed by atoms with Gasteiger partial charge in [-0.15, -0.1) is 0 Å². The molecular weight excluding hydrogens is 344 g/mol. The standard InChI is InChI=1S/C16H26N4O6/c1-16(2,3)26-15(21)18-10-6-7-12(25-9-13(10)24-5)14-11(20(22)23)8-17-19(14)4/h8,10,12-13H,6-7,9H2,1-5H3,(H,18,21)/t10-,12+,13-/m0/s1. The number of methoxy groups -OCH3 is 1. The van der Waals surface area contributed by atoms with Crippen LogP contribution >= 0.6 is 0 Å². The average Bonchev–Trinajstić information content (AvgIpc) is 2.79. The van der Waals surface area contributed by atoms with Crippen LogP contribution in [-0.4, -0.2) is 52.3 Å². The van der Waals surface area contributed by atoms with Gasteiger partial charge in [0.25, 0.3) is 0 Å². The number of carbonyl (C=O) groups is 1. The second-order valence-electron chi connectivity index (χ2n) is 7.22. The fraction of sp³-hybridized carbons (Fsp3) is 0.750. The number of nitrogens with one attached hydrogen (secondary N) is 1. The van der Waals surface area contributed by atoms with E-state index in [1.807, 2.05) is 0 Å². The van der Waals surface area contributed by atoms with Gasteiger partial charge in [-0.2, -0.15) is 5.10 Å². The first-order chi connectivity index (χ1) is 12.1. The average molecular weight is 370 g/mol. The van der Waals surface area contributed by atoms with Crippen molar-refractivity contribution in [2.45, 2.75) is 57.5 Å². The summed E-state index contributed by atoms with van der Waals surface area (Å²) in [6.07, 6.45) is 0.777. The quantitative estimate of drug-likeness (QED) is 0.637. The molecule has 0 spiro atoms. The first kappa shape index (κ1) is 20.1. The third-order valence-corrected chi connectivity index (χ3v) is 4.12. The number of nitro groups is 1. The molecule has 0 bridgehead atoms. The van der Waals surface area contributed by atoms with E-state index in [0.29, 0.717) is 18.5 Å². The normalized spacial score (nSPS) is 24.0. The fourth-order valence-electron chi connectivity index (χ4n) is 2.95. The van der Waals surface area contributed by atoms with E-state index >= 15 is 0 Å². The second-order valence-corrected chi connectivity index (χ2v) is 7.22. The minimum Gasteiger partial charge on any atom is -0.444 e. The van der Waals surface area contributed by atoms with Gasteiger partial charge in [0, 0.05) is 14.2 Å². The maximum Gasteiger partial charge on any atom is 0.407 e. The van der Waals surface area contributed by atoms with Crippen LogP contribution in [0, 0.1) is 10.1 Å². The minimum absolute atomic E-state index is 0.0787. The van der Waals surface area contributed by atoms with Crippen molar-refractivity contribution in [3.63, 3.8) is 0 Å². The molecule has 10 nitrogen and oxygen atoms in total. The summed E-state index contributed by atoms with van der Waals surface area (Å²) < 4.78 is 18.0. The third kappa shape index (κ3) is 4.92. The minimum atomic E-state index is -0.605. The summed E-state index contributed by atoms with van der Waals surface area (Å²) in [6.45, 7) is 5.54. The van der Waals surface area contributed by atoms with Crippen LogP contribution in [-0.2, 0) is 21.3 Å². The maximum absolute atomic E-state index is 12.1. The molecule has 1 aliphatic rings. The molecule has 1 aromatic rings. The van der Waals surface area contributed by atoms with E-state index in [-0.39, 0.29) is 24.4 Å². The van der Waals surface area contributed by atoms with Gasteiger partial charge in [-0.1, -0.05) is 0 Å². The van der Waals surface area contributed by atoms with Crippen molar-refractivity contribution in [3.05, 3.63) is 22.0 Å². The number of hydrogen-bond acceptors (Lipinski definition) is 7. The lowest BCUT2D eigenvalue weighted by atomic mass is 10.0. The van der Waals surface area contributed by atoms with E-state index in [2.05, 4.69) is 10.4 Å². The van der Waals surface area contributed by atoms with Gasteiger partial charge in [-0.3, -0.25) is 14.8 Å². The number of alkyl carbamates (subject to hydrolysis) is 1. The Morgan fingerprint density at radius 2 is 2.15 bits per heavy atom. The zero-order valence-corrected chi connectivity index (χ0v) is 15.7. The molecule has 2 heterocycles. The van der Waals surface area contributed by atoms with Crippen molar-refractivity contribution in [3.8, 4) is 0 Å². The van der Waals surface area contributed by atoms with Crippen LogP contribution in [0.4, 0.5) is 10.5 Å². The number of amides is 1. The molecule has 1 saturated heterocycles. The summed E-state index contributed by atoms with van der Waals surface area (Å²) in [5.74, 6) is 0. The van der Waals surface area contributed by atoms with E-state index in [1.54, 1.807) is 27.8 Å². The van der Waals surface area contributed by atoms with Crippen LogP contribution < -0.4 is 5.32 Å². The zero-order chi connectivity index (χ0) is 19.5. The summed E-state index contributed by atoms with van der Waals surface area (Å²) in [5, 5.41) is 18.0. The Bertz CT molecular complexity index is 654. The Labute approximate surface area is 151 Å². The molecule has 26 heavy (non-hydrogen) atoms. The molecule has 146 valence electrons. The van der Waals surface area contributed by atoms with Crippen LogP contribution in [0.3, 0.4) is 0 Å². The van der Waals surface area contributed by atoms with Crippen LogP contribution in [0.2, 0.25) is 0 Å². The summed E-state index contributed by atoms with van der Waals surface area (Å²) in [5.41, 5.74) is -0.279. The topological polar surface area (TPSA) is 118 Å². The predicted octanol–water partition coefficient (Wildman–Crippen LogP) is 2.09. The summed E-state index contributed by atoms with van der Waals surface area (Å²) >= 11 is 0. The number of ether oxygens (including phenoxy) is 3. The molecule has 10 heteroatoms. The SMILES string of the molecule is CO[C@H]1CO[C@@H](c2c([N+](=O)[O-])cnn2C)CC[C@@H]1NC(=O)OC(C)(C)C. The van der Waals surface area contributed by atoms with E-state index in [4.69, 9.17) is 14.2 Å². The number of hydrogen-bond donors (Lipinski definition) is 1. The lowest BCUT2D eigenvalue weighted by Crippen LogP contribution is -2.46. The number of carbonyl (C=O) groups excluding carboxylic acids is 1. The number of rotatable bonds is 4. The Balaban J connectivity index is 2.12. The molecule has 1 aliphatic heterocycles. The summed E-state index contributed by atoms with van der Waals surface area (Å²) in [6, 6.07) is -0.327. The maximum atomic E-state index is 12.1. The first-order valence-corrected chi connectivity index (χ1v) is 8.42. The van der Waals surface area contributed by atoms with Gasteiger partial charge >= 0.3 is 11.8 Å². The molecule has 0 saturated carbocycles. The molecule has 1 amide bonds. The van der Waals surface area contributed by atoms with Crippen LogP contribution in [0.5, 0.6) is 0 Å². The molecule has 3 atom stereocenters. The number of aryl methyl sites for hydroxylation is 1. The van der Waals surface area contributed by atoms with E-state index in [9.17, 15) is 14.9 Å². The Morgan fingerprint density at radius 3 is 2.73 bits per heavy atom. The smallest absolute Gasteiger partial charge is 0.407 e. The summed E-state index contributed by atoms with van der Waals surface area (Å²) in [7, 11) is 3.17. The van der Waals surface area contributed by atoms with Crippen LogP contribution in [0.25, 0.3) is 0 Å². The Hall–Kier alpha value is -2.20. The first-order valence-electron chi connectivity index (χ1n) is 8.42. The fourth-order valence-corrected chi connectivity index (χ4v) is 2.95. The molecule has 0 unspecified atom stereocenters. The third-order valence-electron chi connectivity index (χ3n) is 4.12. The van der Waals surface area contributed by atoms with Crippen molar-refractivity contribution in [1.82, 2.24) is 15.1 Å². The van der Waals surface area contributed by atoms with Crippen molar-refractivity contribution in [1.29, 1.82) is 0 Å². The van der Waals surface area contributed by atoms with E-state index in [0.717, 1.165) is 0 Å². The molecule has 0 radical (unpaired) electrons. The van der Waals surface area contributed by atoms with Gasteiger partial charge in [0.2, 0.25) is 0 Å². The highest BCUT2D eigenvalue weighted by Crippen LogP contribution is 2.33. The van der Waals surface area contributed by atoms with E-state index < -0.39 is 22.7 Å². The highest BCUT2D eigenvalue weighted by atomic mass is 16.6. The number of aromatic nitrogens is 2. The molecule has 1 N–H and O–H groups in total. The van der Waals surface area contributed by atoms with Gasteiger partial charge in [0.1, 0.15) is 29.7 Å². The van der Waals surface area contributed by atoms with E-state index in [1.165, 1.54) is 18.0 Å². The van der Waals surface area contributed by atoms with Crippen LogP contribution in [0.15, 0.2) is 6.20 Å². The van der Waals surface area contributed by atoms with Gasteiger partial charge < -0.3 is 19.5 Å². The molecule has 1 fully saturated rings. The highest BCUT2D eigenvalue weighted by Gasteiger charge is 2.35. The molecule has 1 aromatic heterocycles. The van der Waals surface area contributed by atoms with Crippen molar-refractivity contribution < 1.29 is 23.9 Å². The summed E-state index contributed by atoms with van der Waals surface area (Å²) in [4.78, 5) is 22.8. The van der Waals surface area contributed by atoms with Gasteiger partial charge in [0.05, 0.1) is 17.6 Å². The van der Waals surface area contributed by atoms with Crippen molar-refractivity contribution in [2.75, 3.05) is 13.7 Å². The Morgan fingerprint density at radius 1 is 1.46 bits per heavy atom.